The van der Waals surface area contributed by atoms with Gasteiger partial charge in [-0.2, -0.15) is 0 Å². The molecule has 0 aliphatic heterocycles. The molecule has 0 fully saturated rings. The highest BCUT2D eigenvalue weighted by atomic mass is 16.7. The Kier molecular flexibility index (Phi) is 6.27. The second kappa shape index (κ2) is 8.43. The normalized spacial score (nSPS) is 10.9. The first kappa shape index (κ1) is 16.4. The molecule has 6 heteroatoms. The molecule has 0 spiro atoms. The highest BCUT2D eigenvalue weighted by Gasteiger charge is 2.14. The van der Waals surface area contributed by atoms with E-state index in [1.54, 1.807) is 33.6 Å². The van der Waals surface area contributed by atoms with Crippen molar-refractivity contribution in [3.63, 3.8) is 0 Å². The SMILES string of the molecule is COCCOc1ccccc1-c1nccc(C(OC)OC)n1. The van der Waals surface area contributed by atoms with E-state index in [0.717, 1.165) is 5.56 Å². The fraction of sp³-hybridized carbons (Fsp3) is 0.375. The maximum Gasteiger partial charge on any atom is 0.200 e. The van der Waals surface area contributed by atoms with Gasteiger partial charge in [0.2, 0.25) is 6.29 Å². The Morgan fingerprint density at radius 2 is 1.77 bits per heavy atom. The van der Waals surface area contributed by atoms with Gasteiger partial charge in [-0.3, -0.25) is 0 Å². The second-order valence-electron chi connectivity index (χ2n) is 4.45. The molecule has 0 unspecified atom stereocenters. The van der Waals surface area contributed by atoms with E-state index in [1.807, 2.05) is 24.3 Å². The number of hydrogen-bond donors (Lipinski definition) is 0. The van der Waals surface area contributed by atoms with E-state index in [0.29, 0.717) is 30.5 Å². The minimum Gasteiger partial charge on any atom is -0.490 e. The Bertz CT molecular complexity index is 588. The van der Waals surface area contributed by atoms with Crippen molar-refractivity contribution in [2.45, 2.75) is 6.29 Å². The number of nitrogens with zero attached hydrogens (tertiary/aromatic N) is 2. The van der Waals surface area contributed by atoms with Gasteiger partial charge in [-0.15, -0.1) is 0 Å². The predicted molar refractivity (Wildman–Crippen MR) is 81.6 cm³/mol. The minimum atomic E-state index is -0.525. The number of para-hydroxylation sites is 1. The maximum atomic E-state index is 5.72. The summed E-state index contributed by atoms with van der Waals surface area (Å²) in [6, 6.07) is 9.37. The summed E-state index contributed by atoms with van der Waals surface area (Å²) in [7, 11) is 4.77. The Labute approximate surface area is 130 Å². The molecule has 0 aliphatic carbocycles. The number of benzene rings is 1. The summed E-state index contributed by atoms with van der Waals surface area (Å²) in [5, 5.41) is 0. The molecular formula is C16H20N2O4. The fourth-order valence-electron chi connectivity index (χ4n) is 1.98. The van der Waals surface area contributed by atoms with Crippen LogP contribution in [0, 0.1) is 0 Å². The van der Waals surface area contributed by atoms with Gasteiger partial charge in [0.25, 0.3) is 0 Å². The molecule has 2 aromatic rings. The lowest BCUT2D eigenvalue weighted by Gasteiger charge is -2.14. The van der Waals surface area contributed by atoms with Crippen LogP contribution in [0.25, 0.3) is 11.4 Å². The molecular weight excluding hydrogens is 284 g/mol. The molecule has 2 rings (SSSR count). The van der Waals surface area contributed by atoms with Gasteiger partial charge in [0.05, 0.1) is 12.2 Å². The molecule has 0 N–H and O–H groups in total. The van der Waals surface area contributed by atoms with Crippen molar-refractivity contribution in [1.82, 2.24) is 9.97 Å². The van der Waals surface area contributed by atoms with E-state index in [9.17, 15) is 0 Å². The van der Waals surface area contributed by atoms with E-state index >= 15 is 0 Å². The van der Waals surface area contributed by atoms with Crippen molar-refractivity contribution < 1.29 is 18.9 Å². The van der Waals surface area contributed by atoms with Crippen molar-refractivity contribution in [3.05, 3.63) is 42.2 Å². The highest BCUT2D eigenvalue weighted by molar-refractivity contribution is 5.63. The van der Waals surface area contributed by atoms with Crippen LogP contribution in [0.15, 0.2) is 36.5 Å². The van der Waals surface area contributed by atoms with Gasteiger partial charge in [-0.1, -0.05) is 12.1 Å². The van der Waals surface area contributed by atoms with Crippen molar-refractivity contribution in [3.8, 4) is 17.1 Å². The van der Waals surface area contributed by atoms with Crippen molar-refractivity contribution >= 4 is 0 Å². The average molecular weight is 304 g/mol. The minimum absolute atomic E-state index is 0.464. The molecule has 0 saturated carbocycles. The molecule has 0 amide bonds. The van der Waals surface area contributed by atoms with E-state index in [4.69, 9.17) is 18.9 Å². The third kappa shape index (κ3) is 4.00. The maximum absolute atomic E-state index is 5.72. The van der Waals surface area contributed by atoms with E-state index < -0.39 is 6.29 Å². The molecule has 1 aromatic carbocycles. The molecule has 22 heavy (non-hydrogen) atoms. The summed E-state index contributed by atoms with van der Waals surface area (Å²) in [6.07, 6.45) is 1.15. The lowest BCUT2D eigenvalue weighted by molar-refractivity contribution is -0.108. The van der Waals surface area contributed by atoms with Crippen LogP contribution < -0.4 is 4.74 Å². The van der Waals surface area contributed by atoms with Crippen molar-refractivity contribution in [1.29, 1.82) is 0 Å². The second-order valence-corrected chi connectivity index (χ2v) is 4.45. The lowest BCUT2D eigenvalue weighted by atomic mass is 10.2. The molecule has 0 saturated heterocycles. The number of methoxy groups -OCH3 is 3. The zero-order valence-electron chi connectivity index (χ0n) is 13.0. The summed E-state index contributed by atoms with van der Waals surface area (Å²) in [6.45, 7) is 0.983. The average Bonchev–Trinajstić information content (AvgIpc) is 2.57. The van der Waals surface area contributed by atoms with Gasteiger partial charge < -0.3 is 18.9 Å². The van der Waals surface area contributed by atoms with Crippen molar-refractivity contribution in [2.24, 2.45) is 0 Å². The van der Waals surface area contributed by atoms with E-state index in [-0.39, 0.29) is 0 Å². The van der Waals surface area contributed by atoms with Crippen LogP contribution in [0.5, 0.6) is 5.75 Å². The molecule has 1 heterocycles. The third-order valence-electron chi connectivity index (χ3n) is 3.02. The first-order valence-corrected chi connectivity index (χ1v) is 6.89. The van der Waals surface area contributed by atoms with Crippen LogP contribution in [0.3, 0.4) is 0 Å². The largest absolute Gasteiger partial charge is 0.490 e. The number of rotatable bonds is 8. The van der Waals surface area contributed by atoms with Crippen LogP contribution in [0.4, 0.5) is 0 Å². The standard InChI is InChI=1S/C16H20N2O4/c1-19-10-11-22-14-7-5-4-6-12(14)15-17-9-8-13(18-15)16(20-2)21-3/h4-9,16H,10-11H2,1-3H3. The number of aromatic nitrogens is 2. The first-order valence-electron chi connectivity index (χ1n) is 6.89. The fourth-order valence-corrected chi connectivity index (χ4v) is 1.98. The molecule has 1 aromatic heterocycles. The Morgan fingerprint density at radius 1 is 1.00 bits per heavy atom. The van der Waals surface area contributed by atoms with Gasteiger partial charge in [0.15, 0.2) is 5.82 Å². The summed E-state index contributed by atoms with van der Waals surface area (Å²) in [5.41, 5.74) is 1.47. The Morgan fingerprint density at radius 3 is 2.50 bits per heavy atom. The topological polar surface area (TPSA) is 62.7 Å². The molecule has 118 valence electrons. The zero-order chi connectivity index (χ0) is 15.8. The van der Waals surface area contributed by atoms with E-state index in [1.165, 1.54) is 0 Å². The smallest absolute Gasteiger partial charge is 0.200 e. The zero-order valence-corrected chi connectivity index (χ0v) is 13.0. The van der Waals surface area contributed by atoms with Gasteiger partial charge in [-0.05, 0) is 18.2 Å². The van der Waals surface area contributed by atoms with Gasteiger partial charge in [-0.25, -0.2) is 9.97 Å². The Balaban J connectivity index is 2.29. The quantitative estimate of drug-likeness (QED) is 0.551. The molecule has 0 aliphatic rings. The van der Waals surface area contributed by atoms with Crippen molar-refractivity contribution in [2.75, 3.05) is 34.5 Å². The number of ether oxygens (including phenoxy) is 4. The molecule has 6 nitrogen and oxygen atoms in total. The highest BCUT2D eigenvalue weighted by Crippen LogP contribution is 2.28. The third-order valence-corrected chi connectivity index (χ3v) is 3.02. The van der Waals surface area contributed by atoms with Crippen LogP contribution in [0.2, 0.25) is 0 Å². The summed E-state index contributed by atoms with van der Waals surface area (Å²) >= 11 is 0. The molecule has 0 radical (unpaired) electrons. The van der Waals surface area contributed by atoms with Gasteiger partial charge in [0.1, 0.15) is 18.1 Å². The number of hydrogen-bond acceptors (Lipinski definition) is 6. The predicted octanol–water partition coefficient (Wildman–Crippen LogP) is 2.46. The summed E-state index contributed by atoms with van der Waals surface area (Å²) in [5.74, 6) is 1.27. The Hall–Kier alpha value is -2.02. The molecule has 0 bridgehead atoms. The van der Waals surface area contributed by atoms with Gasteiger partial charge in [0, 0.05) is 27.5 Å². The van der Waals surface area contributed by atoms with Crippen LogP contribution in [-0.2, 0) is 14.2 Å². The van der Waals surface area contributed by atoms with Crippen LogP contribution >= 0.6 is 0 Å². The summed E-state index contributed by atoms with van der Waals surface area (Å²) < 4.78 is 21.2. The van der Waals surface area contributed by atoms with Crippen LogP contribution in [-0.4, -0.2) is 44.5 Å². The first-order chi connectivity index (χ1) is 10.8. The van der Waals surface area contributed by atoms with Gasteiger partial charge >= 0.3 is 0 Å². The summed E-state index contributed by atoms with van der Waals surface area (Å²) in [4.78, 5) is 8.82. The monoisotopic (exact) mass is 304 g/mol. The van der Waals surface area contributed by atoms with Crippen LogP contribution in [0.1, 0.15) is 12.0 Å². The van der Waals surface area contributed by atoms with E-state index in [2.05, 4.69) is 9.97 Å². The molecule has 0 atom stereocenters. The lowest BCUT2D eigenvalue weighted by Crippen LogP contribution is -2.08.